The zero-order chi connectivity index (χ0) is 16.4. The van der Waals surface area contributed by atoms with Crippen LogP contribution in [0.2, 0.25) is 0 Å². The molecular formula is C15H22BrN5O. The van der Waals surface area contributed by atoms with Crippen molar-refractivity contribution in [3.05, 3.63) is 33.8 Å². The second-order valence-electron chi connectivity index (χ2n) is 5.47. The van der Waals surface area contributed by atoms with Gasteiger partial charge in [0.15, 0.2) is 0 Å². The number of hydrogen-bond acceptors (Lipinski definition) is 3. The lowest BCUT2D eigenvalue weighted by molar-refractivity contribution is -0.124. The maximum absolute atomic E-state index is 12.4. The van der Waals surface area contributed by atoms with E-state index in [0.29, 0.717) is 0 Å². The summed E-state index contributed by atoms with van der Waals surface area (Å²) in [5.41, 5.74) is 2.85. The van der Waals surface area contributed by atoms with Gasteiger partial charge < -0.3 is 5.32 Å². The van der Waals surface area contributed by atoms with E-state index in [-0.39, 0.29) is 18.0 Å². The van der Waals surface area contributed by atoms with E-state index in [1.165, 1.54) is 0 Å². The molecule has 0 saturated heterocycles. The van der Waals surface area contributed by atoms with Crippen molar-refractivity contribution in [1.29, 1.82) is 0 Å². The van der Waals surface area contributed by atoms with Gasteiger partial charge in [-0.05, 0) is 50.5 Å². The number of nitrogens with one attached hydrogen (secondary N) is 1. The Balaban J connectivity index is 2.08. The maximum Gasteiger partial charge on any atom is 0.245 e. The maximum atomic E-state index is 12.4. The van der Waals surface area contributed by atoms with Crippen LogP contribution in [-0.4, -0.2) is 25.5 Å². The quantitative estimate of drug-likeness (QED) is 0.883. The molecule has 2 rings (SSSR count). The molecule has 0 bridgehead atoms. The fourth-order valence-electron chi connectivity index (χ4n) is 2.31. The lowest BCUT2D eigenvalue weighted by Crippen LogP contribution is -2.33. The van der Waals surface area contributed by atoms with Crippen molar-refractivity contribution in [1.82, 2.24) is 24.9 Å². The molecule has 0 aliphatic rings. The number of aryl methyl sites for hydroxylation is 3. The Labute approximate surface area is 139 Å². The second-order valence-corrected chi connectivity index (χ2v) is 6.33. The Morgan fingerprint density at radius 3 is 2.45 bits per heavy atom. The molecular weight excluding hydrogens is 346 g/mol. The van der Waals surface area contributed by atoms with Gasteiger partial charge in [0, 0.05) is 24.5 Å². The van der Waals surface area contributed by atoms with Gasteiger partial charge in [0.1, 0.15) is 6.04 Å². The van der Waals surface area contributed by atoms with Crippen molar-refractivity contribution in [2.24, 2.45) is 0 Å². The first-order valence-corrected chi connectivity index (χ1v) is 8.18. The van der Waals surface area contributed by atoms with Crippen LogP contribution in [0.5, 0.6) is 0 Å². The minimum absolute atomic E-state index is 0.0638. The van der Waals surface area contributed by atoms with Crippen molar-refractivity contribution in [3.63, 3.8) is 0 Å². The van der Waals surface area contributed by atoms with E-state index in [4.69, 9.17) is 0 Å². The van der Waals surface area contributed by atoms with Crippen LogP contribution in [0.4, 0.5) is 0 Å². The van der Waals surface area contributed by atoms with E-state index < -0.39 is 0 Å². The van der Waals surface area contributed by atoms with Crippen LogP contribution in [0, 0.1) is 13.8 Å². The zero-order valence-electron chi connectivity index (χ0n) is 13.6. The molecule has 2 aromatic heterocycles. The zero-order valence-corrected chi connectivity index (χ0v) is 15.2. The molecule has 2 atom stereocenters. The summed E-state index contributed by atoms with van der Waals surface area (Å²) < 4.78 is 4.45. The fraction of sp³-hybridized carbons (Fsp3) is 0.533. The van der Waals surface area contributed by atoms with E-state index in [1.807, 2.05) is 51.7 Å². The van der Waals surface area contributed by atoms with Gasteiger partial charge in [-0.3, -0.25) is 14.2 Å². The summed E-state index contributed by atoms with van der Waals surface area (Å²) in [4.78, 5) is 12.4. The minimum atomic E-state index is -0.367. The molecule has 0 aromatic carbocycles. The molecule has 2 aromatic rings. The standard InChI is InChI=1S/C15H22BrN5O/c1-6-20-7-13(10(3)18-20)9(2)17-15(22)12(5)21-8-14(16)11(4)19-21/h7-9,12H,6H2,1-5H3,(H,17,22)/t9-,12+/m0/s1. The van der Waals surface area contributed by atoms with Gasteiger partial charge in [0.05, 0.1) is 21.9 Å². The van der Waals surface area contributed by atoms with Gasteiger partial charge in [0.25, 0.3) is 0 Å². The normalized spacial score (nSPS) is 13.9. The van der Waals surface area contributed by atoms with E-state index in [0.717, 1.165) is 28.0 Å². The minimum Gasteiger partial charge on any atom is -0.348 e. The summed E-state index contributed by atoms with van der Waals surface area (Å²) >= 11 is 3.42. The molecule has 0 radical (unpaired) electrons. The van der Waals surface area contributed by atoms with E-state index in [1.54, 1.807) is 4.68 Å². The number of rotatable bonds is 5. The molecule has 120 valence electrons. The fourth-order valence-corrected chi connectivity index (χ4v) is 2.60. The van der Waals surface area contributed by atoms with Gasteiger partial charge in [-0.1, -0.05) is 0 Å². The van der Waals surface area contributed by atoms with Crippen LogP contribution in [0.1, 0.15) is 49.8 Å². The van der Waals surface area contributed by atoms with Crippen LogP contribution in [0.3, 0.4) is 0 Å². The monoisotopic (exact) mass is 367 g/mol. The topological polar surface area (TPSA) is 64.7 Å². The van der Waals surface area contributed by atoms with Crippen LogP contribution >= 0.6 is 15.9 Å². The van der Waals surface area contributed by atoms with E-state index in [2.05, 4.69) is 31.4 Å². The molecule has 0 aliphatic heterocycles. The van der Waals surface area contributed by atoms with Crippen molar-refractivity contribution in [2.75, 3.05) is 0 Å². The van der Waals surface area contributed by atoms with Crippen LogP contribution in [-0.2, 0) is 11.3 Å². The van der Waals surface area contributed by atoms with Gasteiger partial charge in [-0.2, -0.15) is 10.2 Å². The average Bonchev–Trinajstić information content (AvgIpc) is 3.01. The van der Waals surface area contributed by atoms with Gasteiger partial charge in [0.2, 0.25) is 5.91 Å². The van der Waals surface area contributed by atoms with Gasteiger partial charge in [-0.25, -0.2) is 0 Å². The highest BCUT2D eigenvalue weighted by molar-refractivity contribution is 9.10. The van der Waals surface area contributed by atoms with Crippen molar-refractivity contribution < 1.29 is 4.79 Å². The van der Waals surface area contributed by atoms with E-state index >= 15 is 0 Å². The van der Waals surface area contributed by atoms with Crippen LogP contribution < -0.4 is 5.32 Å². The highest BCUT2D eigenvalue weighted by Crippen LogP contribution is 2.19. The Bertz CT molecular complexity index is 656. The number of aromatic nitrogens is 4. The Hall–Kier alpha value is -1.63. The van der Waals surface area contributed by atoms with Gasteiger partial charge >= 0.3 is 0 Å². The van der Waals surface area contributed by atoms with Crippen molar-refractivity contribution in [3.8, 4) is 0 Å². The third-order valence-electron chi connectivity index (χ3n) is 3.77. The average molecular weight is 368 g/mol. The molecule has 0 spiro atoms. The number of hydrogen-bond donors (Lipinski definition) is 1. The lowest BCUT2D eigenvalue weighted by atomic mass is 10.1. The Kier molecular flexibility index (Phi) is 5.05. The first-order valence-electron chi connectivity index (χ1n) is 7.39. The SMILES string of the molecule is CCn1cc([C@H](C)NC(=O)[C@@H](C)n2cc(Br)c(C)n2)c(C)n1. The summed E-state index contributed by atoms with van der Waals surface area (Å²) in [6.07, 6.45) is 3.81. The molecule has 0 fully saturated rings. The smallest absolute Gasteiger partial charge is 0.245 e. The van der Waals surface area contributed by atoms with Crippen LogP contribution in [0.15, 0.2) is 16.9 Å². The first kappa shape index (κ1) is 16.7. The summed E-state index contributed by atoms with van der Waals surface area (Å²) in [7, 11) is 0. The predicted molar refractivity (Wildman–Crippen MR) is 88.6 cm³/mol. The molecule has 1 N–H and O–H groups in total. The second kappa shape index (κ2) is 6.64. The number of carbonyl (C=O) groups excluding carboxylic acids is 1. The molecule has 7 heteroatoms. The third-order valence-corrected chi connectivity index (χ3v) is 4.55. The highest BCUT2D eigenvalue weighted by Gasteiger charge is 2.21. The number of halogens is 1. The number of amides is 1. The summed E-state index contributed by atoms with van der Waals surface area (Å²) in [6.45, 7) is 10.5. The molecule has 2 heterocycles. The number of nitrogens with zero attached hydrogens (tertiary/aromatic N) is 4. The van der Waals surface area contributed by atoms with Crippen molar-refractivity contribution >= 4 is 21.8 Å². The molecule has 22 heavy (non-hydrogen) atoms. The molecule has 0 aliphatic carbocycles. The van der Waals surface area contributed by atoms with Gasteiger partial charge in [-0.15, -0.1) is 0 Å². The van der Waals surface area contributed by atoms with Crippen LogP contribution in [0.25, 0.3) is 0 Å². The summed E-state index contributed by atoms with van der Waals surface area (Å²) in [6, 6.07) is -0.454. The first-order chi connectivity index (χ1) is 10.3. The number of carbonyl (C=O) groups is 1. The highest BCUT2D eigenvalue weighted by atomic mass is 79.9. The largest absolute Gasteiger partial charge is 0.348 e. The molecule has 6 nitrogen and oxygen atoms in total. The Morgan fingerprint density at radius 2 is 1.95 bits per heavy atom. The molecule has 0 unspecified atom stereocenters. The van der Waals surface area contributed by atoms with E-state index in [9.17, 15) is 4.79 Å². The summed E-state index contributed by atoms with van der Waals surface area (Å²) in [5.74, 6) is -0.0638. The van der Waals surface area contributed by atoms with Crippen molar-refractivity contribution in [2.45, 2.75) is 53.2 Å². The Morgan fingerprint density at radius 1 is 1.27 bits per heavy atom. The third kappa shape index (κ3) is 3.40. The lowest BCUT2D eigenvalue weighted by Gasteiger charge is -2.17. The predicted octanol–water partition coefficient (Wildman–Crippen LogP) is 2.92. The molecule has 1 amide bonds. The summed E-state index contributed by atoms with van der Waals surface area (Å²) in [5, 5.41) is 11.8. The molecule has 0 saturated carbocycles.